The molecule has 18 heavy (non-hydrogen) atoms. The van der Waals surface area contributed by atoms with Gasteiger partial charge in [-0.3, -0.25) is 15.1 Å². The van der Waals surface area contributed by atoms with Gasteiger partial charge in [-0.1, -0.05) is 6.42 Å². The molecule has 2 rings (SSSR count). The quantitative estimate of drug-likeness (QED) is 0.657. The van der Waals surface area contributed by atoms with Crippen molar-refractivity contribution in [2.75, 3.05) is 11.9 Å². The molecule has 1 heterocycles. The molecule has 0 spiro atoms. The summed E-state index contributed by atoms with van der Waals surface area (Å²) in [6, 6.07) is 0.0763. The highest BCUT2D eigenvalue weighted by molar-refractivity contribution is 9.10. The van der Waals surface area contributed by atoms with Crippen LogP contribution in [0, 0.1) is 16.0 Å². The number of aromatic nitrogens is 1. The van der Waals surface area contributed by atoms with Crippen LogP contribution in [-0.2, 0) is 0 Å². The molecule has 1 saturated carbocycles. The molecule has 1 aliphatic rings. The van der Waals surface area contributed by atoms with Crippen LogP contribution >= 0.6 is 15.9 Å². The van der Waals surface area contributed by atoms with Crippen molar-refractivity contribution in [2.45, 2.75) is 25.3 Å². The average Bonchev–Trinajstić information content (AvgIpc) is 2.78. The van der Waals surface area contributed by atoms with Gasteiger partial charge in [-0.25, -0.2) is 0 Å². The van der Waals surface area contributed by atoms with Crippen molar-refractivity contribution in [3.63, 3.8) is 0 Å². The third kappa shape index (κ3) is 2.62. The predicted octanol–water partition coefficient (Wildman–Crippen LogP) is 2.33. The number of halogens is 1. The molecule has 2 unspecified atom stereocenters. The number of nitrogens with zero attached hydrogens (tertiary/aromatic N) is 2. The Kier molecular flexibility index (Phi) is 4.13. The summed E-state index contributed by atoms with van der Waals surface area (Å²) in [6.45, 7) is 0.105. The van der Waals surface area contributed by atoms with Crippen LogP contribution in [0.25, 0.3) is 0 Å². The van der Waals surface area contributed by atoms with Crippen molar-refractivity contribution in [3.8, 4) is 0 Å². The lowest BCUT2D eigenvalue weighted by molar-refractivity contribution is -0.384. The summed E-state index contributed by atoms with van der Waals surface area (Å²) in [5.41, 5.74) is 0.397. The van der Waals surface area contributed by atoms with Crippen LogP contribution in [0.15, 0.2) is 16.9 Å². The molecule has 0 aromatic carbocycles. The number of nitrogens with one attached hydrogen (secondary N) is 1. The van der Waals surface area contributed by atoms with Gasteiger partial charge in [0, 0.05) is 24.8 Å². The number of nitro groups is 1. The number of aliphatic hydroxyl groups is 1. The summed E-state index contributed by atoms with van der Waals surface area (Å²) >= 11 is 3.27. The smallest absolute Gasteiger partial charge is 0.311 e. The van der Waals surface area contributed by atoms with Gasteiger partial charge in [-0.05, 0) is 28.8 Å². The van der Waals surface area contributed by atoms with Gasteiger partial charge >= 0.3 is 5.69 Å². The van der Waals surface area contributed by atoms with Crippen LogP contribution < -0.4 is 5.32 Å². The Bertz CT molecular complexity index is 455. The van der Waals surface area contributed by atoms with Crippen molar-refractivity contribution < 1.29 is 10.0 Å². The van der Waals surface area contributed by atoms with Crippen molar-refractivity contribution >= 4 is 27.3 Å². The minimum Gasteiger partial charge on any atom is -0.396 e. The monoisotopic (exact) mass is 315 g/mol. The molecule has 0 bridgehead atoms. The van der Waals surface area contributed by atoms with E-state index in [9.17, 15) is 15.2 Å². The fourth-order valence-electron chi connectivity index (χ4n) is 2.34. The minimum absolute atomic E-state index is 0.0482. The molecule has 1 aromatic rings. The second-order valence-electron chi connectivity index (χ2n) is 4.40. The molecule has 0 aliphatic heterocycles. The van der Waals surface area contributed by atoms with E-state index in [1.54, 1.807) is 0 Å². The number of pyridine rings is 1. The zero-order valence-electron chi connectivity index (χ0n) is 9.67. The van der Waals surface area contributed by atoms with Gasteiger partial charge in [-0.15, -0.1) is 0 Å². The molecule has 98 valence electrons. The average molecular weight is 316 g/mol. The number of hydrogen-bond acceptors (Lipinski definition) is 5. The standard InChI is InChI=1S/C11H14BrN3O3/c12-8-4-13-5-10(15(17)18)11(8)14-9-3-1-2-7(9)6-16/h4-5,7,9,16H,1-3,6H2,(H,13,14). The lowest BCUT2D eigenvalue weighted by Gasteiger charge is -2.20. The number of rotatable bonds is 4. The van der Waals surface area contributed by atoms with Gasteiger partial charge in [0.15, 0.2) is 0 Å². The largest absolute Gasteiger partial charge is 0.396 e. The molecule has 0 saturated heterocycles. The Labute approximate surface area is 113 Å². The van der Waals surface area contributed by atoms with Gasteiger partial charge in [0.1, 0.15) is 11.9 Å². The molecular weight excluding hydrogens is 302 g/mol. The highest BCUT2D eigenvalue weighted by atomic mass is 79.9. The first-order valence-electron chi connectivity index (χ1n) is 5.78. The molecule has 6 nitrogen and oxygen atoms in total. The Morgan fingerprint density at radius 2 is 2.33 bits per heavy atom. The third-order valence-electron chi connectivity index (χ3n) is 3.30. The predicted molar refractivity (Wildman–Crippen MR) is 70.4 cm³/mol. The van der Waals surface area contributed by atoms with E-state index >= 15 is 0 Å². The van der Waals surface area contributed by atoms with Gasteiger partial charge in [0.2, 0.25) is 0 Å². The molecule has 1 fully saturated rings. The third-order valence-corrected chi connectivity index (χ3v) is 3.90. The Hall–Kier alpha value is -1.21. The molecule has 2 N–H and O–H groups in total. The molecular formula is C11H14BrN3O3. The molecule has 0 radical (unpaired) electrons. The van der Waals surface area contributed by atoms with Crippen LogP contribution in [0.2, 0.25) is 0 Å². The molecule has 1 aliphatic carbocycles. The van der Waals surface area contributed by atoms with Gasteiger partial charge in [0.05, 0.1) is 9.40 Å². The maximum Gasteiger partial charge on any atom is 0.311 e. The fourth-order valence-corrected chi connectivity index (χ4v) is 2.77. The van der Waals surface area contributed by atoms with Gasteiger partial charge in [0.25, 0.3) is 0 Å². The Balaban J connectivity index is 2.25. The van der Waals surface area contributed by atoms with E-state index < -0.39 is 4.92 Å². The zero-order chi connectivity index (χ0) is 13.1. The number of aliphatic hydroxyl groups excluding tert-OH is 1. The zero-order valence-corrected chi connectivity index (χ0v) is 11.3. The minimum atomic E-state index is -0.455. The van der Waals surface area contributed by atoms with Crippen molar-refractivity contribution in [3.05, 3.63) is 27.0 Å². The lowest BCUT2D eigenvalue weighted by atomic mass is 10.0. The lowest BCUT2D eigenvalue weighted by Crippen LogP contribution is -2.26. The first kappa shape index (κ1) is 13.2. The van der Waals surface area contributed by atoms with Crippen LogP contribution in [0.1, 0.15) is 19.3 Å². The summed E-state index contributed by atoms with van der Waals surface area (Å²) in [5.74, 6) is 0.157. The van der Waals surface area contributed by atoms with Crippen molar-refractivity contribution in [1.29, 1.82) is 0 Å². The maximum atomic E-state index is 11.0. The van der Waals surface area contributed by atoms with Crippen LogP contribution in [-0.4, -0.2) is 27.7 Å². The van der Waals surface area contributed by atoms with Crippen LogP contribution in [0.5, 0.6) is 0 Å². The Morgan fingerprint density at radius 3 is 3.00 bits per heavy atom. The molecule has 1 aromatic heterocycles. The second-order valence-corrected chi connectivity index (χ2v) is 5.25. The fraction of sp³-hybridized carbons (Fsp3) is 0.545. The van der Waals surface area contributed by atoms with Gasteiger partial charge in [-0.2, -0.15) is 0 Å². The van der Waals surface area contributed by atoms with E-state index in [0.29, 0.717) is 10.2 Å². The van der Waals surface area contributed by atoms with Crippen molar-refractivity contribution in [1.82, 2.24) is 4.98 Å². The highest BCUT2D eigenvalue weighted by Gasteiger charge is 2.29. The van der Waals surface area contributed by atoms with E-state index in [4.69, 9.17) is 0 Å². The Morgan fingerprint density at radius 1 is 1.56 bits per heavy atom. The van der Waals surface area contributed by atoms with E-state index in [2.05, 4.69) is 26.2 Å². The normalized spacial score (nSPS) is 23.0. The maximum absolute atomic E-state index is 11.0. The number of hydrogen-bond donors (Lipinski definition) is 2. The van der Waals surface area contributed by atoms with Crippen molar-refractivity contribution in [2.24, 2.45) is 5.92 Å². The van der Waals surface area contributed by atoms with E-state index in [-0.39, 0.29) is 24.3 Å². The SMILES string of the molecule is O=[N+]([O-])c1cncc(Br)c1NC1CCCC1CO. The van der Waals surface area contributed by atoms with Crippen LogP contribution in [0.3, 0.4) is 0 Å². The van der Waals surface area contributed by atoms with Crippen LogP contribution in [0.4, 0.5) is 11.4 Å². The summed E-state index contributed by atoms with van der Waals surface area (Å²) < 4.78 is 0.570. The first-order chi connectivity index (χ1) is 8.63. The molecule has 0 amide bonds. The summed E-state index contributed by atoms with van der Waals surface area (Å²) in [6.07, 6.45) is 5.65. The topological polar surface area (TPSA) is 88.3 Å². The molecule has 2 atom stereocenters. The molecule has 7 heteroatoms. The van der Waals surface area contributed by atoms with E-state index in [1.807, 2.05) is 0 Å². The summed E-state index contributed by atoms with van der Waals surface area (Å²) in [5, 5.41) is 23.4. The van der Waals surface area contributed by atoms with E-state index in [1.165, 1.54) is 12.4 Å². The summed E-state index contributed by atoms with van der Waals surface area (Å²) in [4.78, 5) is 14.3. The first-order valence-corrected chi connectivity index (χ1v) is 6.58. The highest BCUT2D eigenvalue weighted by Crippen LogP contribution is 2.35. The summed E-state index contributed by atoms with van der Waals surface area (Å²) in [7, 11) is 0. The van der Waals surface area contributed by atoms with E-state index in [0.717, 1.165) is 19.3 Å². The van der Waals surface area contributed by atoms with Gasteiger partial charge < -0.3 is 10.4 Å². The second kappa shape index (κ2) is 5.62. The number of anilines is 1.